The highest BCUT2D eigenvalue weighted by Crippen LogP contribution is 2.35. The van der Waals surface area contributed by atoms with Gasteiger partial charge in [0.1, 0.15) is 0 Å². The number of nitrogens with zero attached hydrogens (tertiary/aromatic N) is 2. The Morgan fingerprint density at radius 2 is 1.44 bits per heavy atom. The number of benzene rings is 3. The summed E-state index contributed by atoms with van der Waals surface area (Å²) in [5.74, 6) is 1.16. The Morgan fingerprint density at radius 3 is 2.08 bits per heavy atom. The molecular formula is C30H32N4OS. The second-order valence-electron chi connectivity index (χ2n) is 9.22. The maximum absolute atomic E-state index is 13.3. The van der Waals surface area contributed by atoms with Gasteiger partial charge in [-0.25, -0.2) is 14.8 Å². The zero-order chi connectivity index (χ0) is 25.7. The lowest BCUT2D eigenvalue weighted by atomic mass is 9.93. The average Bonchev–Trinajstić information content (AvgIpc) is 2.89. The average molecular weight is 497 g/mol. The molecule has 36 heavy (non-hydrogen) atoms. The molecule has 0 fully saturated rings. The van der Waals surface area contributed by atoms with E-state index in [0.717, 1.165) is 32.8 Å². The van der Waals surface area contributed by atoms with Crippen LogP contribution in [0.4, 0.5) is 16.2 Å². The van der Waals surface area contributed by atoms with Crippen molar-refractivity contribution in [3.63, 3.8) is 0 Å². The van der Waals surface area contributed by atoms with Gasteiger partial charge in [0.05, 0.1) is 17.6 Å². The van der Waals surface area contributed by atoms with Crippen LogP contribution in [0.3, 0.4) is 0 Å². The third-order valence-electron chi connectivity index (χ3n) is 6.04. The molecule has 1 aromatic heterocycles. The summed E-state index contributed by atoms with van der Waals surface area (Å²) in [4.78, 5) is 23.9. The number of hydrogen-bond donors (Lipinski definition) is 2. The Labute approximate surface area is 217 Å². The minimum atomic E-state index is -0.316. The summed E-state index contributed by atoms with van der Waals surface area (Å²) >= 11 is 1.64. The van der Waals surface area contributed by atoms with Crippen LogP contribution in [0.25, 0.3) is 22.6 Å². The zero-order valence-corrected chi connectivity index (χ0v) is 22.2. The predicted molar refractivity (Wildman–Crippen MR) is 152 cm³/mol. The van der Waals surface area contributed by atoms with Crippen molar-refractivity contribution in [2.75, 3.05) is 16.9 Å². The SMILES string of the molecule is CSc1ccccc1-c1nc(-c2ccccc2)ncc1NC(=O)Nc1c(C(C)C)cccc1C(C)C. The van der Waals surface area contributed by atoms with Gasteiger partial charge in [0.15, 0.2) is 5.82 Å². The first-order valence-electron chi connectivity index (χ1n) is 12.2. The molecule has 0 atom stereocenters. The first kappa shape index (κ1) is 25.5. The number of anilines is 2. The normalized spacial score (nSPS) is 11.1. The smallest absolute Gasteiger partial charge is 0.307 e. The van der Waals surface area contributed by atoms with E-state index in [4.69, 9.17) is 4.98 Å². The molecule has 0 aliphatic carbocycles. The number of nitrogens with one attached hydrogen (secondary N) is 2. The van der Waals surface area contributed by atoms with Crippen LogP contribution in [0, 0.1) is 0 Å². The van der Waals surface area contributed by atoms with Crippen LogP contribution in [-0.4, -0.2) is 22.3 Å². The van der Waals surface area contributed by atoms with Crippen LogP contribution in [0.2, 0.25) is 0 Å². The third-order valence-corrected chi connectivity index (χ3v) is 6.84. The van der Waals surface area contributed by atoms with Gasteiger partial charge in [0.2, 0.25) is 0 Å². The highest BCUT2D eigenvalue weighted by atomic mass is 32.2. The number of aromatic nitrogens is 2. The number of amides is 2. The monoisotopic (exact) mass is 496 g/mol. The molecule has 2 N–H and O–H groups in total. The van der Waals surface area contributed by atoms with Gasteiger partial charge in [-0.3, -0.25) is 0 Å². The van der Waals surface area contributed by atoms with Crippen molar-refractivity contribution < 1.29 is 4.79 Å². The van der Waals surface area contributed by atoms with Gasteiger partial charge in [0, 0.05) is 21.7 Å². The second kappa shape index (κ2) is 11.4. The lowest BCUT2D eigenvalue weighted by Gasteiger charge is -2.21. The minimum absolute atomic E-state index is 0.275. The molecule has 4 rings (SSSR count). The molecule has 0 saturated heterocycles. The van der Waals surface area contributed by atoms with Crippen molar-refractivity contribution in [3.05, 3.63) is 90.1 Å². The summed E-state index contributed by atoms with van der Waals surface area (Å²) in [7, 11) is 0. The third kappa shape index (κ3) is 5.60. The van der Waals surface area contributed by atoms with Crippen LogP contribution in [0.1, 0.15) is 50.7 Å². The van der Waals surface area contributed by atoms with E-state index in [1.165, 1.54) is 0 Å². The van der Waals surface area contributed by atoms with Crippen molar-refractivity contribution in [2.24, 2.45) is 0 Å². The van der Waals surface area contributed by atoms with Crippen LogP contribution in [0.5, 0.6) is 0 Å². The van der Waals surface area contributed by atoms with E-state index in [9.17, 15) is 4.79 Å². The van der Waals surface area contributed by atoms with Crippen molar-refractivity contribution >= 4 is 29.2 Å². The fraction of sp³-hybridized carbons (Fsp3) is 0.233. The molecule has 0 radical (unpaired) electrons. The number of hydrogen-bond acceptors (Lipinski definition) is 4. The van der Waals surface area contributed by atoms with Crippen molar-refractivity contribution in [3.8, 4) is 22.6 Å². The molecule has 2 amide bonds. The lowest BCUT2D eigenvalue weighted by molar-refractivity contribution is 0.262. The van der Waals surface area contributed by atoms with Crippen molar-refractivity contribution in [1.29, 1.82) is 0 Å². The standard InChI is InChI=1S/C30H32N4OS/c1-19(2)22-15-11-16-23(20(3)4)27(22)34-30(35)32-25-18-31-29(21-12-7-6-8-13-21)33-28(25)24-14-9-10-17-26(24)36-5/h6-20H,1-5H3,(H2,32,34,35). The molecule has 0 bridgehead atoms. The van der Waals surface area contributed by atoms with Gasteiger partial charge in [-0.1, -0.05) is 94.4 Å². The topological polar surface area (TPSA) is 66.9 Å². The van der Waals surface area contributed by atoms with Gasteiger partial charge in [0.25, 0.3) is 0 Å². The summed E-state index contributed by atoms with van der Waals surface area (Å²) in [6, 6.07) is 23.8. The molecule has 6 heteroatoms. The molecule has 3 aromatic carbocycles. The van der Waals surface area contributed by atoms with Gasteiger partial charge in [-0.2, -0.15) is 0 Å². The van der Waals surface area contributed by atoms with Gasteiger partial charge in [-0.15, -0.1) is 11.8 Å². The number of urea groups is 1. The molecule has 0 unspecified atom stereocenters. The number of thioether (sulfide) groups is 1. The lowest BCUT2D eigenvalue weighted by Crippen LogP contribution is -2.22. The minimum Gasteiger partial charge on any atom is -0.307 e. The number of para-hydroxylation sites is 1. The number of rotatable bonds is 7. The van der Waals surface area contributed by atoms with Crippen molar-refractivity contribution in [1.82, 2.24) is 9.97 Å². The summed E-state index contributed by atoms with van der Waals surface area (Å²) in [6.07, 6.45) is 3.73. The maximum atomic E-state index is 13.3. The second-order valence-corrected chi connectivity index (χ2v) is 10.1. The molecule has 184 valence electrons. The van der Waals surface area contributed by atoms with Gasteiger partial charge < -0.3 is 10.6 Å². The Balaban J connectivity index is 1.74. The first-order chi connectivity index (χ1) is 17.4. The van der Waals surface area contributed by atoms with Gasteiger partial charge in [-0.05, 0) is 35.3 Å². The van der Waals surface area contributed by atoms with E-state index >= 15 is 0 Å². The number of carbonyl (C=O) groups is 1. The summed E-state index contributed by atoms with van der Waals surface area (Å²) in [5, 5.41) is 6.17. The van der Waals surface area contributed by atoms with E-state index in [1.54, 1.807) is 18.0 Å². The largest absolute Gasteiger partial charge is 0.323 e. The van der Waals surface area contributed by atoms with E-state index in [2.05, 4.69) is 67.6 Å². The summed E-state index contributed by atoms with van der Waals surface area (Å²) in [5.41, 5.74) is 6.20. The Morgan fingerprint density at radius 1 is 0.806 bits per heavy atom. The highest BCUT2D eigenvalue weighted by Gasteiger charge is 2.19. The first-order valence-corrected chi connectivity index (χ1v) is 13.4. The summed E-state index contributed by atoms with van der Waals surface area (Å²) < 4.78 is 0. The van der Waals surface area contributed by atoms with Gasteiger partial charge >= 0.3 is 6.03 Å². The quantitative estimate of drug-likeness (QED) is 0.252. The van der Waals surface area contributed by atoms with E-state index in [-0.39, 0.29) is 17.9 Å². The number of carbonyl (C=O) groups excluding carboxylic acids is 1. The molecule has 5 nitrogen and oxygen atoms in total. The van der Waals surface area contributed by atoms with E-state index in [1.807, 2.05) is 54.8 Å². The highest BCUT2D eigenvalue weighted by molar-refractivity contribution is 7.98. The molecule has 0 aliphatic rings. The Hall–Kier alpha value is -3.64. The van der Waals surface area contributed by atoms with E-state index in [0.29, 0.717) is 17.2 Å². The van der Waals surface area contributed by atoms with E-state index < -0.39 is 0 Å². The van der Waals surface area contributed by atoms with Crippen LogP contribution < -0.4 is 10.6 Å². The van der Waals surface area contributed by atoms with Crippen LogP contribution in [0.15, 0.2) is 83.9 Å². The van der Waals surface area contributed by atoms with Crippen LogP contribution in [-0.2, 0) is 0 Å². The molecular weight excluding hydrogens is 464 g/mol. The Bertz CT molecular complexity index is 1330. The fourth-order valence-corrected chi connectivity index (χ4v) is 4.81. The molecule has 1 heterocycles. The fourth-order valence-electron chi connectivity index (χ4n) is 4.21. The Kier molecular flexibility index (Phi) is 8.06. The zero-order valence-electron chi connectivity index (χ0n) is 21.4. The van der Waals surface area contributed by atoms with Crippen LogP contribution >= 0.6 is 11.8 Å². The maximum Gasteiger partial charge on any atom is 0.323 e. The molecule has 0 aliphatic heterocycles. The molecule has 0 saturated carbocycles. The van der Waals surface area contributed by atoms with Crippen molar-refractivity contribution in [2.45, 2.75) is 44.4 Å². The summed E-state index contributed by atoms with van der Waals surface area (Å²) in [6.45, 7) is 8.54. The molecule has 0 spiro atoms. The molecule has 4 aromatic rings. The predicted octanol–water partition coefficient (Wildman–Crippen LogP) is 8.42.